The Kier molecular flexibility index (Phi) is 6.36. The molecular weight excluding hydrogens is 347 g/mol. The smallest absolute Gasteiger partial charge is 0.252 e. The summed E-state index contributed by atoms with van der Waals surface area (Å²) in [5.74, 6) is -0.283. The van der Waals surface area contributed by atoms with Gasteiger partial charge in [0.25, 0.3) is 5.91 Å². The molecular formula is C15H19Cl3N2O2. The summed E-state index contributed by atoms with van der Waals surface area (Å²) in [6, 6.07) is 7.26. The molecule has 1 aliphatic rings. The molecule has 1 heterocycles. The van der Waals surface area contributed by atoms with Gasteiger partial charge in [-0.2, -0.15) is 0 Å². The van der Waals surface area contributed by atoms with Crippen molar-refractivity contribution >= 4 is 40.7 Å². The number of nitrogens with one attached hydrogen (secondary N) is 2. The Morgan fingerprint density at radius 1 is 1.41 bits per heavy atom. The fraction of sp³-hybridized carbons (Fsp3) is 0.533. The van der Waals surface area contributed by atoms with Gasteiger partial charge in [-0.05, 0) is 31.4 Å². The Morgan fingerprint density at radius 3 is 2.73 bits per heavy atom. The molecule has 4 nitrogen and oxygen atoms in total. The van der Waals surface area contributed by atoms with Gasteiger partial charge in [0.05, 0.1) is 6.10 Å². The lowest BCUT2D eigenvalue weighted by Crippen LogP contribution is -2.55. The highest BCUT2D eigenvalue weighted by molar-refractivity contribution is 6.68. The van der Waals surface area contributed by atoms with Crippen LogP contribution in [0.1, 0.15) is 28.8 Å². The molecule has 7 heteroatoms. The molecule has 0 aromatic heterocycles. The third-order valence-corrected chi connectivity index (χ3v) is 4.22. The number of amides is 1. The predicted octanol–water partition coefficient (Wildman–Crippen LogP) is 3.19. The minimum absolute atomic E-state index is 0.0882. The van der Waals surface area contributed by atoms with E-state index in [2.05, 4.69) is 10.6 Å². The van der Waals surface area contributed by atoms with Crippen molar-refractivity contribution in [2.45, 2.75) is 35.8 Å². The molecule has 0 radical (unpaired) electrons. The first-order valence-electron chi connectivity index (χ1n) is 7.16. The zero-order valence-electron chi connectivity index (χ0n) is 12.2. The molecule has 2 rings (SSSR count). The summed E-state index contributed by atoms with van der Waals surface area (Å²) in [6.07, 6.45) is 1.28. The van der Waals surface area contributed by atoms with Crippen LogP contribution in [0.4, 0.5) is 0 Å². The topological polar surface area (TPSA) is 50.4 Å². The highest BCUT2D eigenvalue weighted by Crippen LogP contribution is 2.29. The highest BCUT2D eigenvalue weighted by Gasteiger charge is 2.34. The Morgan fingerprint density at radius 2 is 2.14 bits per heavy atom. The molecule has 0 saturated carbocycles. The van der Waals surface area contributed by atoms with Crippen LogP contribution in [0.2, 0.25) is 0 Å². The summed E-state index contributed by atoms with van der Waals surface area (Å²) in [4.78, 5) is 12.4. The van der Waals surface area contributed by atoms with Crippen LogP contribution >= 0.6 is 34.8 Å². The van der Waals surface area contributed by atoms with Gasteiger partial charge in [0.1, 0.15) is 6.17 Å². The minimum atomic E-state index is -1.66. The normalized spacial score (nSPS) is 19.9. The van der Waals surface area contributed by atoms with Crippen LogP contribution in [0.5, 0.6) is 0 Å². The molecule has 0 spiro atoms. The van der Waals surface area contributed by atoms with Crippen LogP contribution in [0.3, 0.4) is 0 Å². The van der Waals surface area contributed by atoms with Gasteiger partial charge in [-0.15, -0.1) is 0 Å². The number of carbonyl (C=O) groups excluding carboxylic acids is 1. The summed E-state index contributed by atoms with van der Waals surface area (Å²) in [5.41, 5.74) is 1.42. The van der Waals surface area contributed by atoms with Crippen LogP contribution in [0, 0.1) is 6.92 Å². The first-order valence-corrected chi connectivity index (χ1v) is 8.29. The quantitative estimate of drug-likeness (QED) is 0.622. The summed E-state index contributed by atoms with van der Waals surface area (Å²) >= 11 is 17.9. The van der Waals surface area contributed by atoms with Crippen molar-refractivity contribution in [3.05, 3.63) is 35.4 Å². The Balaban J connectivity index is 2.00. The fourth-order valence-electron chi connectivity index (χ4n) is 2.34. The zero-order valence-corrected chi connectivity index (χ0v) is 14.5. The fourth-order valence-corrected chi connectivity index (χ4v) is 2.73. The minimum Gasteiger partial charge on any atom is -0.377 e. The highest BCUT2D eigenvalue weighted by atomic mass is 35.6. The molecule has 0 bridgehead atoms. The summed E-state index contributed by atoms with van der Waals surface area (Å²) < 4.78 is 3.86. The van der Waals surface area contributed by atoms with Crippen molar-refractivity contribution in [1.29, 1.82) is 0 Å². The lowest BCUT2D eigenvalue weighted by Gasteiger charge is -2.28. The summed E-state index contributed by atoms with van der Waals surface area (Å²) in [7, 11) is 0. The largest absolute Gasteiger partial charge is 0.377 e. The lowest BCUT2D eigenvalue weighted by atomic mass is 10.1. The van der Waals surface area contributed by atoms with E-state index < -0.39 is 9.96 Å². The Labute approximate surface area is 145 Å². The molecule has 1 fully saturated rings. The van der Waals surface area contributed by atoms with Crippen molar-refractivity contribution < 1.29 is 9.53 Å². The van der Waals surface area contributed by atoms with Crippen molar-refractivity contribution in [2.75, 3.05) is 13.2 Å². The second-order valence-corrected chi connectivity index (χ2v) is 7.68. The van der Waals surface area contributed by atoms with E-state index in [1.165, 1.54) is 0 Å². The van der Waals surface area contributed by atoms with Crippen LogP contribution in [0.25, 0.3) is 0 Å². The number of hydrogen-bond acceptors (Lipinski definition) is 3. The first kappa shape index (κ1) is 17.8. The Hall–Kier alpha value is -0.520. The van der Waals surface area contributed by atoms with Gasteiger partial charge in [0.15, 0.2) is 0 Å². The number of aryl methyl sites for hydroxylation is 1. The number of carbonyl (C=O) groups is 1. The molecule has 2 atom stereocenters. The Bertz CT molecular complexity index is 514. The van der Waals surface area contributed by atoms with Gasteiger partial charge < -0.3 is 10.1 Å². The molecule has 0 aliphatic carbocycles. The first-order chi connectivity index (χ1) is 10.4. The van der Waals surface area contributed by atoms with Crippen molar-refractivity contribution in [3.63, 3.8) is 0 Å². The van der Waals surface area contributed by atoms with E-state index >= 15 is 0 Å². The number of rotatable bonds is 5. The number of ether oxygens (including phenoxy) is 1. The van der Waals surface area contributed by atoms with E-state index in [4.69, 9.17) is 39.5 Å². The average Bonchev–Trinajstić information content (AvgIpc) is 2.95. The second-order valence-electron chi connectivity index (χ2n) is 5.31. The van der Waals surface area contributed by atoms with Crippen LogP contribution in [-0.4, -0.2) is 35.1 Å². The molecule has 2 N–H and O–H groups in total. The predicted molar refractivity (Wildman–Crippen MR) is 89.7 cm³/mol. The monoisotopic (exact) mass is 364 g/mol. The molecule has 22 heavy (non-hydrogen) atoms. The van der Waals surface area contributed by atoms with Gasteiger partial charge in [0.2, 0.25) is 3.79 Å². The van der Waals surface area contributed by atoms with Gasteiger partial charge >= 0.3 is 0 Å². The second kappa shape index (κ2) is 7.84. The van der Waals surface area contributed by atoms with Crippen molar-refractivity contribution in [3.8, 4) is 0 Å². The van der Waals surface area contributed by atoms with Crippen molar-refractivity contribution in [2.24, 2.45) is 0 Å². The number of alkyl halides is 3. The van der Waals surface area contributed by atoms with Gasteiger partial charge in [-0.1, -0.05) is 53.0 Å². The number of hydrogen-bond donors (Lipinski definition) is 2. The third-order valence-electron chi connectivity index (χ3n) is 3.57. The van der Waals surface area contributed by atoms with Crippen LogP contribution in [-0.2, 0) is 4.74 Å². The van der Waals surface area contributed by atoms with Gasteiger partial charge in [-0.25, -0.2) is 0 Å². The molecule has 1 aromatic rings. The maximum Gasteiger partial charge on any atom is 0.252 e. The van der Waals surface area contributed by atoms with E-state index in [0.29, 0.717) is 12.1 Å². The van der Waals surface area contributed by atoms with Crippen LogP contribution < -0.4 is 10.6 Å². The zero-order chi connectivity index (χ0) is 16.2. The molecule has 1 aliphatic heterocycles. The molecule has 0 unspecified atom stereocenters. The number of benzene rings is 1. The van der Waals surface area contributed by atoms with E-state index in [9.17, 15) is 4.79 Å². The molecule has 122 valence electrons. The average molecular weight is 366 g/mol. The maximum atomic E-state index is 12.4. The molecule has 1 saturated heterocycles. The van der Waals surface area contributed by atoms with E-state index in [1.807, 2.05) is 19.1 Å². The third kappa shape index (κ3) is 5.00. The van der Waals surface area contributed by atoms with Crippen LogP contribution in [0.15, 0.2) is 24.3 Å². The summed E-state index contributed by atoms with van der Waals surface area (Å²) in [6.45, 7) is 3.13. The van der Waals surface area contributed by atoms with E-state index in [-0.39, 0.29) is 12.0 Å². The van der Waals surface area contributed by atoms with E-state index in [0.717, 1.165) is 25.0 Å². The van der Waals surface area contributed by atoms with Crippen molar-refractivity contribution in [1.82, 2.24) is 10.6 Å². The lowest BCUT2D eigenvalue weighted by molar-refractivity contribution is 0.0896. The van der Waals surface area contributed by atoms with E-state index in [1.54, 1.807) is 12.1 Å². The standard InChI is InChI=1S/C15H19Cl3N2O2/c1-10-5-2-3-7-12(10)13(21)20-14(15(16,17)18)19-9-11-6-4-8-22-11/h2-3,5,7,11,14,19H,4,6,8-9H2,1H3,(H,20,21)/t11-,14-/m0/s1. The molecule has 1 aromatic carbocycles. The maximum absolute atomic E-state index is 12.4. The van der Waals surface area contributed by atoms with Gasteiger partial charge in [-0.3, -0.25) is 10.1 Å². The SMILES string of the molecule is Cc1ccccc1C(=O)N[C@H](NC[C@@H]1CCCO1)C(Cl)(Cl)Cl. The number of halogens is 3. The van der Waals surface area contributed by atoms with Gasteiger partial charge in [0, 0.05) is 18.7 Å². The summed E-state index contributed by atoms with van der Waals surface area (Å²) in [5, 5.41) is 5.81. The molecule has 1 amide bonds.